The molecule has 0 amide bonds. The van der Waals surface area contributed by atoms with E-state index in [1.165, 1.54) is 5.56 Å². The van der Waals surface area contributed by atoms with Crippen molar-refractivity contribution < 1.29 is 4.74 Å². The van der Waals surface area contributed by atoms with E-state index in [-0.39, 0.29) is 0 Å². The summed E-state index contributed by atoms with van der Waals surface area (Å²) in [5, 5.41) is 1.14. The molecule has 0 bridgehead atoms. The van der Waals surface area contributed by atoms with Crippen molar-refractivity contribution in [3.63, 3.8) is 0 Å². The summed E-state index contributed by atoms with van der Waals surface area (Å²) < 4.78 is 5.10. The Kier molecular flexibility index (Phi) is 3.06. The molecule has 0 unspecified atom stereocenters. The van der Waals surface area contributed by atoms with Gasteiger partial charge in [0.2, 0.25) is 0 Å². The Morgan fingerprint density at radius 1 is 1.38 bits per heavy atom. The van der Waals surface area contributed by atoms with Gasteiger partial charge in [0.05, 0.1) is 24.0 Å². The number of nitrogens with zero attached hydrogens (tertiary/aromatic N) is 1. The molecule has 0 spiro atoms. The highest BCUT2D eigenvalue weighted by atomic mass is 16.5. The molecule has 2 aromatic rings. The number of aromatic nitrogens is 1. The number of ether oxygens (including phenoxy) is 1. The molecule has 0 saturated heterocycles. The summed E-state index contributed by atoms with van der Waals surface area (Å²) in [6.07, 6.45) is 2.55. The monoisotopic (exact) mass is 216 g/mol. The number of aryl methyl sites for hydroxylation is 1. The number of rotatable bonds is 3. The summed E-state index contributed by atoms with van der Waals surface area (Å²) >= 11 is 0. The predicted octanol–water partition coefficient (Wildman–Crippen LogP) is 2.31. The number of anilines is 1. The normalized spacial score (nSPS) is 10.9. The van der Waals surface area contributed by atoms with Crippen molar-refractivity contribution in [1.82, 2.24) is 4.98 Å². The molecule has 0 aliphatic rings. The molecule has 0 atom stereocenters. The number of pyridine rings is 1. The van der Waals surface area contributed by atoms with Crippen molar-refractivity contribution in [3.05, 3.63) is 35.5 Å². The van der Waals surface area contributed by atoms with Crippen LogP contribution in [0.5, 0.6) is 0 Å². The second-order valence-corrected chi connectivity index (χ2v) is 3.96. The van der Waals surface area contributed by atoms with Crippen LogP contribution in [0, 0.1) is 6.92 Å². The summed E-state index contributed by atoms with van der Waals surface area (Å²) in [5.41, 5.74) is 10.1. The molecule has 3 heteroatoms. The van der Waals surface area contributed by atoms with Crippen LogP contribution in [0.2, 0.25) is 0 Å². The van der Waals surface area contributed by atoms with Gasteiger partial charge in [-0.25, -0.2) is 0 Å². The molecule has 2 N–H and O–H groups in total. The first-order valence-electron chi connectivity index (χ1n) is 5.35. The van der Waals surface area contributed by atoms with Gasteiger partial charge in [-0.15, -0.1) is 0 Å². The van der Waals surface area contributed by atoms with E-state index in [0.29, 0.717) is 6.61 Å². The van der Waals surface area contributed by atoms with Crippen LogP contribution in [-0.4, -0.2) is 18.7 Å². The molecule has 0 aliphatic heterocycles. The third-order valence-corrected chi connectivity index (χ3v) is 2.72. The van der Waals surface area contributed by atoms with E-state index in [0.717, 1.165) is 28.6 Å². The Morgan fingerprint density at radius 3 is 2.94 bits per heavy atom. The third-order valence-electron chi connectivity index (χ3n) is 2.72. The molecule has 1 aromatic heterocycles. The maximum Gasteiger partial charge on any atom is 0.0706 e. The van der Waals surface area contributed by atoms with Crippen LogP contribution >= 0.6 is 0 Å². The third kappa shape index (κ3) is 1.99. The summed E-state index contributed by atoms with van der Waals surface area (Å²) in [6, 6.07) is 6.22. The number of nitrogen functional groups attached to an aromatic ring is 1. The zero-order valence-electron chi connectivity index (χ0n) is 9.66. The molecular weight excluding hydrogens is 200 g/mol. The van der Waals surface area contributed by atoms with Gasteiger partial charge in [0.15, 0.2) is 0 Å². The molecule has 1 heterocycles. The fraction of sp³-hybridized carbons (Fsp3) is 0.308. The summed E-state index contributed by atoms with van der Waals surface area (Å²) in [6.45, 7) is 2.75. The first-order valence-corrected chi connectivity index (χ1v) is 5.35. The molecular formula is C13H16N2O. The minimum absolute atomic E-state index is 0.678. The smallest absolute Gasteiger partial charge is 0.0706 e. The van der Waals surface area contributed by atoms with E-state index in [9.17, 15) is 0 Å². The van der Waals surface area contributed by atoms with Gasteiger partial charge in [-0.2, -0.15) is 0 Å². The van der Waals surface area contributed by atoms with E-state index < -0.39 is 0 Å². The van der Waals surface area contributed by atoms with Gasteiger partial charge in [-0.05, 0) is 31.0 Å². The lowest BCUT2D eigenvalue weighted by molar-refractivity contribution is 0.202. The standard InChI is InChI=1S/C13H16N2O/c1-9-3-4-13-11(7-9)10(5-6-16-2)12(14)8-15-13/h3-4,7-8H,5-6,14H2,1-2H3. The molecule has 2 rings (SSSR count). The van der Waals surface area contributed by atoms with Crippen LogP contribution in [0.1, 0.15) is 11.1 Å². The SMILES string of the molecule is COCCc1c(N)cnc2ccc(C)cc12. The minimum atomic E-state index is 0.678. The van der Waals surface area contributed by atoms with Crippen molar-refractivity contribution in [1.29, 1.82) is 0 Å². The molecule has 0 aliphatic carbocycles. The number of benzene rings is 1. The Bertz CT molecular complexity index is 503. The first-order chi connectivity index (χ1) is 7.72. The number of nitrogens with two attached hydrogens (primary N) is 1. The molecule has 1 aromatic carbocycles. The van der Waals surface area contributed by atoms with Crippen LogP contribution < -0.4 is 5.73 Å². The maximum absolute atomic E-state index is 5.96. The minimum Gasteiger partial charge on any atom is -0.397 e. The lowest BCUT2D eigenvalue weighted by atomic mass is 10.0. The number of fused-ring (bicyclic) bond motifs is 1. The van der Waals surface area contributed by atoms with Crippen molar-refractivity contribution in [2.75, 3.05) is 19.5 Å². The van der Waals surface area contributed by atoms with E-state index in [4.69, 9.17) is 10.5 Å². The number of hydrogen-bond donors (Lipinski definition) is 1. The number of hydrogen-bond acceptors (Lipinski definition) is 3. The lowest BCUT2D eigenvalue weighted by Gasteiger charge is -2.09. The summed E-state index contributed by atoms with van der Waals surface area (Å²) in [5.74, 6) is 0. The zero-order chi connectivity index (χ0) is 11.5. The summed E-state index contributed by atoms with van der Waals surface area (Å²) in [7, 11) is 1.70. The second-order valence-electron chi connectivity index (χ2n) is 3.96. The van der Waals surface area contributed by atoms with Gasteiger partial charge in [0.1, 0.15) is 0 Å². The highest BCUT2D eigenvalue weighted by Crippen LogP contribution is 2.23. The maximum atomic E-state index is 5.96. The highest BCUT2D eigenvalue weighted by Gasteiger charge is 2.06. The van der Waals surface area contributed by atoms with Crippen molar-refractivity contribution in [2.45, 2.75) is 13.3 Å². The van der Waals surface area contributed by atoms with Crippen LogP contribution in [0.15, 0.2) is 24.4 Å². The average molecular weight is 216 g/mol. The molecule has 0 radical (unpaired) electrons. The number of methoxy groups -OCH3 is 1. The first kappa shape index (κ1) is 10.9. The second kappa shape index (κ2) is 4.49. The van der Waals surface area contributed by atoms with Crippen LogP contribution in [-0.2, 0) is 11.2 Å². The Labute approximate surface area is 95.2 Å². The zero-order valence-corrected chi connectivity index (χ0v) is 9.66. The van der Waals surface area contributed by atoms with E-state index in [1.54, 1.807) is 13.3 Å². The van der Waals surface area contributed by atoms with Gasteiger partial charge in [0, 0.05) is 12.5 Å². The fourth-order valence-corrected chi connectivity index (χ4v) is 1.86. The van der Waals surface area contributed by atoms with Gasteiger partial charge >= 0.3 is 0 Å². The van der Waals surface area contributed by atoms with E-state index in [2.05, 4.69) is 24.0 Å². The van der Waals surface area contributed by atoms with Gasteiger partial charge in [0.25, 0.3) is 0 Å². The van der Waals surface area contributed by atoms with Crippen molar-refractivity contribution in [3.8, 4) is 0 Å². The van der Waals surface area contributed by atoms with E-state index >= 15 is 0 Å². The molecule has 0 fully saturated rings. The van der Waals surface area contributed by atoms with Crippen LogP contribution in [0.25, 0.3) is 10.9 Å². The lowest BCUT2D eigenvalue weighted by Crippen LogP contribution is -2.01. The average Bonchev–Trinajstić information content (AvgIpc) is 2.28. The molecule has 84 valence electrons. The van der Waals surface area contributed by atoms with Gasteiger partial charge in [-0.3, -0.25) is 4.98 Å². The Morgan fingerprint density at radius 2 is 2.19 bits per heavy atom. The van der Waals surface area contributed by atoms with Gasteiger partial charge in [-0.1, -0.05) is 11.6 Å². The molecule has 16 heavy (non-hydrogen) atoms. The van der Waals surface area contributed by atoms with E-state index in [1.807, 2.05) is 6.07 Å². The quantitative estimate of drug-likeness (QED) is 0.856. The van der Waals surface area contributed by atoms with Crippen LogP contribution in [0.3, 0.4) is 0 Å². The largest absolute Gasteiger partial charge is 0.397 e. The summed E-state index contributed by atoms with van der Waals surface area (Å²) in [4.78, 5) is 4.32. The highest BCUT2D eigenvalue weighted by molar-refractivity contribution is 5.86. The topological polar surface area (TPSA) is 48.1 Å². The predicted molar refractivity (Wildman–Crippen MR) is 66.5 cm³/mol. The van der Waals surface area contributed by atoms with Crippen molar-refractivity contribution >= 4 is 16.6 Å². The van der Waals surface area contributed by atoms with Crippen LogP contribution in [0.4, 0.5) is 5.69 Å². The Balaban J connectivity index is 2.58. The molecule has 3 nitrogen and oxygen atoms in total. The molecule has 0 saturated carbocycles. The van der Waals surface area contributed by atoms with Crippen molar-refractivity contribution in [2.24, 2.45) is 0 Å². The fourth-order valence-electron chi connectivity index (χ4n) is 1.86. The Hall–Kier alpha value is -1.61. The van der Waals surface area contributed by atoms with Gasteiger partial charge < -0.3 is 10.5 Å².